The van der Waals surface area contributed by atoms with E-state index in [2.05, 4.69) is 26.1 Å². The molecular weight excluding hydrogens is 270 g/mol. The Morgan fingerprint density at radius 3 is 2.40 bits per heavy atom. The van der Waals surface area contributed by atoms with Crippen LogP contribution in [0.25, 0.3) is 0 Å². The minimum Gasteiger partial charge on any atom is -0.390 e. The lowest BCUT2D eigenvalue weighted by Crippen LogP contribution is -2.45. The van der Waals surface area contributed by atoms with Gasteiger partial charge in [-0.1, -0.05) is 32.9 Å². The molecule has 0 fully saturated rings. The first-order valence-corrected chi connectivity index (χ1v) is 7.80. The molecule has 1 aromatic carbocycles. The van der Waals surface area contributed by atoms with E-state index in [4.69, 9.17) is 0 Å². The molecule has 2 N–H and O–H groups in total. The number of amides is 1. The third kappa shape index (κ3) is 3.76. The molecule has 0 spiro atoms. The number of nitrogens with one attached hydrogen (secondary N) is 1. The van der Waals surface area contributed by atoms with Crippen LogP contribution < -0.4 is 5.32 Å². The fourth-order valence-corrected chi connectivity index (χ4v) is 3.51. The average Bonchev–Trinajstić information content (AvgIpc) is 2.36. The quantitative estimate of drug-likeness (QED) is 0.592. The molecule has 20 heavy (non-hydrogen) atoms. The van der Waals surface area contributed by atoms with Gasteiger partial charge in [0, 0.05) is 15.6 Å². The Morgan fingerprint density at radius 1 is 1.30 bits per heavy atom. The number of para-hydroxylation sites is 1. The summed E-state index contributed by atoms with van der Waals surface area (Å²) in [5, 5.41) is 13.4. The van der Waals surface area contributed by atoms with Gasteiger partial charge in [-0.2, -0.15) is 0 Å². The Balaban J connectivity index is 3.03. The molecule has 112 valence electrons. The predicted molar refractivity (Wildman–Crippen MR) is 86.1 cm³/mol. The number of rotatable bonds is 7. The highest BCUT2D eigenvalue weighted by molar-refractivity contribution is 8.00. The number of thioether (sulfide) groups is 1. The van der Waals surface area contributed by atoms with Crippen LogP contribution >= 0.6 is 11.8 Å². The van der Waals surface area contributed by atoms with Crippen molar-refractivity contribution in [1.29, 1.82) is 0 Å². The summed E-state index contributed by atoms with van der Waals surface area (Å²) >= 11 is 1.71. The van der Waals surface area contributed by atoms with E-state index in [0.29, 0.717) is 6.41 Å². The molecule has 1 atom stereocenters. The van der Waals surface area contributed by atoms with E-state index in [-0.39, 0.29) is 10.7 Å². The summed E-state index contributed by atoms with van der Waals surface area (Å²) in [6, 6.07) is 7.75. The molecule has 0 radical (unpaired) electrons. The molecule has 0 heterocycles. The van der Waals surface area contributed by atoms with Crippen LogP contribution in [0.4, 0.5) is 5.69 Å². The highest BCUT2D eigenvalue weighted by Crippen LogP contribution is 2.45. The summed E-state index contributed by atoms with van der Waals surface area (Å²) < 4.78 is 0. The summed E-state index contributed by atoms with van der Waals surface area (Å²) in [6.45, 7) is 10.0. The SMILES string of the molecule is CCC(Sc1ccccc1NC=O)C(C)(C)C(C)(C)O. The maximum atomic E-state index is 10.7. The zero-order valence-electron chi connectivity index (χ0n) is 12.9. The molecule has 1 aromatic rings. The molecule has 3 nitrogen and oxygen atoms in total. The van der Waals surface area contributed by atoms with E-state index < -0.39 is 5.60 Å². The predicted octanol–water partition coefficient (Wildman–Crippen LogP) is 3.92. The first kappa shape index (κ1) is 17.1. The van der Waals surface area contributed by atoms with Crippen molar-refractivity contribution in [3.8, 4) is 0 Å². The van der Waals surface area contributed by atoms with E-state index in [1.165, 1.54) is 0 Å². The van der Waals surface area contributed by atoms with Crippen molar-refractivity contribution >= 4 is 23.9 Å². The van der Waals surface area contributed by atoms with Crippen LogP contribution in [-0.2, 0) is 4.79 Å². The third-order valence-electron chi connectivity index (χ3n) is 4.12. The van der Waals surface area contributed by atoms with Gasteiger partial charge in [-0.25, -0.2) is 0 Å². The minimum atomic E-state index is -0.770. The van der Waals surface area contributed by atoms with Crippen LogP contribution in [0, 0.1) is 5.41 Å². The molecule has 0 aliphatic heterocycles. The molecule has 0 saturated carbocycles. The number of carbonyl (C=O) groups excluding carboxylic acids is 1. The fourth-order valence-electron chi connectivity index (χ4n) is 2.04. The molecule has 1 rings (SSSR count). The van der Waals surface area contributed by atoms with Gasteiger partial charge in [-0.15, -0.1) is 11.8 Å². The number of benzene rings is 1. The van der Waals surface area contributed by atoms with Crippen LogP contribution in [0.1, 0.15) is 41.0 Å². The second-order valence-electron chi connectivity index (χ2n) is 6.05. The molecule has 0 aliphatic rings. The van der Waals surface area contributed by atoms with Crippen LogP contribution in [-0.4, -0.2) is 22.4 Å². The van der Waals surface area contributed by atoms with Crippen LogP contribution in [0.5, 0.6) is 0 Å². The summed E-state index contributed by atoms with van der Waals surface area (Å²) in [5.41, 5.74) is -0.202. The highest BCUT2D eigenvalue weighted by atomic mass is 32.2. The zero-order valence-corrected chi connectivity index (χ0v) is 13.8. The topological polar surface area (TPSA) is 49.3 Å². The maximum absolute atomic E-state index is 10.7. The van der Waals surface area contributed by atoms with Gasteiger partial charge in [0.2, 0.25) is 6.41 Å². The fraction of sp³-hybridized carbons (Fsp3) is 0.562. The Hall–Kier alpha value is -1.00. The van der Waals surface area contributed by atoms with Crippen molar-refractivity contribution < 1.29 is 9.90 Å². The summed E-state index contributed by atoms with van der Waals surface area (Å²) in [5.74, 6) is 0. The lowest BCUT2D eigenvalue weighted by atomic mass is 9.73. The summed E-state index contributed by atoms with van der Waals surface area (Å²) in [4.78, 5) is 11.7. The van der Waals surface area contributed by atoms with Crippen molar-refractivity contribution in [3.05, 3.63) is 24.3 Å². The molecule has 0 aromatic heterocycles. The molecular formula is C16H25NO2S. The second-order valence-corrected chi connectivity index (χ2v) is 7.30. The standard InChI is InChI=1S/C16H25NO2S/c1-6-14(15(2,3)16(4,5)19)20-13-10-8-7-9-12(13)17-11-18/h7-11,14,19H,6H2,1-5H3,(H,17,18). The number of aliphatic hydroxyl groups is 1. The van der Waals surface area contributed by atoms with E-state index in [9.17, 15) is 9.90 Å². The minimum absolute atomic E-state index is 0.247. The lowest BCUT2D eigenvalue weighted by Gasteiger charge is -2.43. The lowest BCUT2D eigenvalue weighted by molar-refractivity contribution is -0.105. The van der Waals surface area contributed by atoms with Crippen LogP contribution in [0.15, 0.2) is 29.2 Å². The van der Waals surface area contributed by atoms with Crippen LogP contribution in [0.2, 0.25) is 0 Å². The smallest absolute Gasteiger partial charge is 0.211 e. The van der Waals surface area contributed by atoms with Crippen molar-refractivity contribution in [1.82, 2.24) is 0 Å². The van der Waals surface area contributed by atoms with Gasteiger partial charge in [-0.05, 0) is 32.4 Å². The summed E-state index contributed by atoms with van der Waals surface area (Å²) in [7, 11) is 0. The van der Waals surface area contributed by atoms with Gasteiger partial charge in [-0.3, -0.25) is 4.79 Å². The highest BCUT2D eigenvalue weighted by Gasteiger charge is 2.41. The number of anilines is 1. The molecule has 1 unspecified atom stereocenters. The Labute approximate surface area is 126 Å². The number of carbonyl (C=O) groups is 1. The second kappa shape index (κ2) is 6.64. The molecule has 0 aliphatic carbocycles. The maximum Gasteiger partial charge on any atom is 0.211 e. The van der Waals surface area contributed by atoms with Gasteiger partial charge in [0.25, 0.3) is 0 Å². The van der Waals surface area contributed by atoms with Crippen molar-refractivity contribution in [2.45, 2.75) is 56.8 Å². The first-order chi connectivity index (χ1) is 9.24. The monoisotopic (exact) mass is 295 g/mol. The number of hydrogen-bond acceptors (Lipinski definition) is 3. The molecule has 4 heteroatoms. The van der Waals surface area contributed by atoms with Gasteiger partial charge < -0.3 is 10.4 Å². The molecule has 1 amide bonds. The van der Waals surface area contributed by atoms with E-state index in [0.717, 1.165) is 17.0 Å². The Kier molecular flexibility index (Phi) is 5.66. The largest absolute Gasteiger partial charge is 0.390 e. The molecule has 0 saturated heterocycles. The summed E-state index contributed by atoms with van der Waals surface area (Å²) in [6.07, 6.45) is 1.64. The van der Waals surface area contributed by atoms with E-state index in [1.807, 2.05) is 38.1 Å². The van der Waals surface area contributed by atoms with Gasteiger partial charge in [0.1, 0.15) is 0 Å². The Bertz CT molecular complexity index is 452. The van der Waals surface area contributed by atoms with Gasteiger partial charge in [0.15, 0.2) is 0 Å². The van der Waals surface area contributed by atoms with Crippen molar-refractivity contribution in [3.63, 3.8) is 0 Å². The number of hydrogen-bond donors (Lipinski definition) is 2. The van der Waals surface area contributed by atoms with Gasteiger partial charge in [0.05, 0.1) is 11.3 Å². The van der Waals surface area contributed by atoms with E-state index >= 15 is 0 Å². The average molecular weight is 295 g/mol. The van der Waals surface area contributed by atoms with Crippen LogP contribution in [0.3, 0.4) is 0 Å². The van der Waals surface area contributed by atoms with E-state index in [1.54, 1.807) is 11.8 Å². The molecule has 0 bridgehead atoms. The van der Waals surface area contributed by atoms with Crippen molar-refractivity contribution in [2.24, 2.45) is 5.41 Å². The van der Waals surface area contributed by atoms with Crippen molar-refractivity contribution in [2.75, 3.05) is 5.32 Å². The normalized spacial score (nSPS) is 13.9. The van der Waals surface area contributed by atoms with Gasteiger partial charge >= 0.3 is 0 Å². The zero-order chi connectivity index (χ0) is 15.4. The first-order valence-electron chi connectivity index (χ1n) is 6.92. The Morgan fingerprint density at radius 2 is 1.90 bits per heavy atom. The third-order valence-corrected chi connectivity index (χ3v) is 5.94.